The van der Waals surface area contributed by atoms with E-state index in [1.165, 1.54) is 4.90 Å². The number of hydrogen-bond donors (Lipinski definition) is 1. The minimum atomic E-state index is -0.957. The largest absolute Gasteiger partial charge is 0.481 e. The topological polar surface area (TPSA) is 57.6 Å². The SMILES string of the molecule is CN1C(=O)[C@](C)(CC(=O)O)c2ccccc21. The maximum atomic E-state index is 12.1. The number of rotatable bonds is 2. The fraction of sp³-hybridized carbons (Fsp3) is 0.333. The van der Waals surface area contributed by atoms with E-state index in [-0.39, 0.29) is 12.3 Å². The summed E-state index contributed by atoms with van der Waals surface area (Å²) < 4.78 is 0. The van der Waals surface area contributed by atoms with Crippen molar-refractivity contribution in [2.45, 2.75) is 18.8 Å². The first-order valence-corrected chi connectivity index (χ1v) is 5.06. The lowest BCUT2D eigenvalue weighted by Crippen LogP contribution is -2.37. The van der Waals surface area contributed by atoms with E-state index in [0.717, 1.165) is 11.3 Å². The molecule has 1 heterocycles. The van der Waals surface area contributed by atoms with Gasteiger partial charge in [-0.05, 0) is 18.6 Å². The smallest absolute Gasteiger partial charge is 0.304 e. The van der Waals surface area contributed by atoms with Gasteiger partial charge in [-0.15, -0.1) is 0 Å². The Bertz CT molecular complexity index is 469. The number of amides is 1. The molecule has 0 spiro atoms. The fourth-order valence-electron chi connectivity index (χ4n) is 2.30. The van der Waals surface area contributed by atoms with Crippen LogP contribution in [0.3, 0.4) is 0 Å². The number of carboxylic acids is 1. The summed E-state index contributed by atoms with van der Waals surface area (Å²) in [7, 11) is 1.67. The number of carbonyl (C=O) groups is 2. The summed E-state index contributed by atoms with van der Waals surface area (Å²) in [5.74, 6) is -1.11. The van der Waals surface area contributed by atoms with Gasteiger partial charge in [0.2, 0.25) is 5.91 Å². The van der Waals surface area contributed by atoms with Crippen LogP contribution in [0.4, 0.5) is 5.69 Å². The van der Waals surface area contributed by atoms with Gasteiger partial charge < -0.3 is 10.0 Å². The van der Waals surface area contributed by atoms with E-state index in [1.807, 2.05) is 24.3 Å². The van der Waals surface area contributed by atoms with Crippen LogP contribution in [-0.4, -0.2) is 24.0 Å². The third kappa shape index (κ3) is 1.30. The molecule has 1 N–H and O–H groups in total. The summed E-state index contributed by atoms with van der Waals surface area (Å²) in [4.78, 5) is 24.5. The summed E-state index contributed by atoms with van der Waals surface area (Å²) in [6.45, 7) is 1.69. The molecule has 0 bridgehead atoms. The number of fused-ring (bicyclic) bond motifs is 1. The first-order chi connectivity index (χ1) is 7.47. The molecule has 1 amide bonds. The third-order valence-corrected chi connectivity index (χ3v) is 3.14. The highest BCUT2D eigenvalue weighted by molar-refractivity contribution is 6.08. The molecule has 1 aliphatic heterocycles. The van der Waals surface area contributed by atoms with E-state index in [2.05, 4.69) is 0 Å². The third-order valence-electron chi connectivity index (χ3n) is 3.14. The van der Waals surface area contributed by atoms with Gasteiger partial charge in [0.05, 0.1) is 11.8 Å². The van der Waals surface area contributed by atoms with Crippen LogP contribution in [0.25, 0.3) is 0 Å². The van der Waals surface area contributed by atoms with E-state index >= 15 is 0 Å². The van der Waals surface area contributed by atoms with Crippen molar-refractivity contribution in [2.75, 3.05) is 11.9 Å². The summed E-state index contributed by atoms with van der Waals surface area (Å²) in [5, 5.41) is 8.90. The number of anilines is 1. The summed E-state index contributed by atoms with van der Waals surface area (Å²) in [5.41, 5.74) is 0.665. The summed E-state index contributed by atoms with van der Waals surface area (Å²) >= 11 is 0. The Hall–Kier alpha value is -1.84. The van der Waals surface area contributed by atoms with Crippen molar-refractivity contribution in [3.8, 4) is 0 Å². The maximum absolute atomic E-state index is 12.1. The van der Waals surface area contributed by atoms with Crippen LogP contribution in [0.2, 0.25) is 0 Å². The molecule has 0 saturated carbocycles. The molecule has 1 atom stereocenters. The Morgan fingerprint density at radius 3 is 2.69 bits per heavy atom. The number of nitrogens with zero attached hydrogens (tertiary/aromatic N) is 1. The van der Waals surface area contributed by atoms with Crippen LogP contribution in [0.5, 0.6) is 0 Å². The molecule has 0 radical (unpaired) electrons. The molecule has 1 aromatic carbocycles. The second-order valence-electron chi connectivity index (χ2n) is 4.28. The molecule has 0 aliphatic carbocycles. The van der Waals surface area contributed by atoms with Crippen LogP contribution >= 0.6 is 0 Å². The van der Waals surface area contributed by atoms with Crippen molar-refractivity contribution in [3.63, 3.8) is 0 Å². The molecule has 4 nitrogen and oxygen atoms in total. The van der Waals surface area contributed by atoms with E-state index in [0.29, 0.717) is 0 Å². The number of likely N-dealkylation sites (N-methyl/N-ethyl adjacent to an activating group) is 1. The van der Waals surface area contributed by atoms with Crippen LogP contribution in [0.15, 0.2) is 24.3 Å². The Labute approximate surface area is 93.5 Å². The van der Waals surface area contributed by atoms with Gasteiger partial charge in [-0.2, -0.15) is 0 Å². The molecule has 16 heavy (non-hydrogen) atoms. The average molecular weight is 219 g/mol. The number of hydrogen-bond acceptors (Lipinski definition) is 2. The highest BCUT2D eigenvalue weighted by Crippen LogP contribution is 2.42. The Kier molecular flexibility index (Phi) is 2.22. The highest BCUT2D eigenvalue weighted by Gasteiger charge is 2.47. The van der Waals surface area contributed by atoms with Gasteiger partial charge in [-0.25, -0.2) is 0 Å². The zero-order valence-corrected chi connectivity index (χ0v) is 9.23. The Balaban J connectivity index is 2.56. The van der Waals surface area contributed by atoms with Gasteiger partial charge in [0.15, 0.2) is 0 Å². The lowest BCUT2D eigenvalue weighted by atomic mass is 9.81. The van der Waals surface area contributed by atoms with E-state index in [1.54, 1.807) is 14.0 Å². The van der Waals surface area contributed by atoms with Gasteiger partial charge in [0.25, 0.3) is 0 Å². The normalized spacial score (nSPS) is 23.4. The van der Waals surface area contributed by atoms with Crippen LogP contribution < -0.4 is 4.90 Å². The van der Waals surface area contributed by atoms with Crippen molar-refractivity contribution >= 4 is 17.6 Å². The van der Waals surface area contributed by atoms with E-state index < -0.39 is 11.4 Å². The van der Waals surface area contributed by atoms with Crippen LogP contribution in [-0.2, 0) is 15.0 Å². The van der Waals surface area contributed by atoms with E-state index in [9.17, 15) is 9.59 Å². The van der Waals surface area contributed by atoms with Crippen molar-refractivity contribution in [1.29, 1.82) is 0 Å². The lowest BCUT2D eigenvalue weighted by Gasteiger charge is -2.20. The monoisotopic (exact) mass is 219 g/mol. The minimum absolute atomic E-state index is 0.156. The summed E-state index contributed by atoms with van der Waals surface area (Å²) in [6.07, 6.45) is -0.173. The number of carbonyl (C=O) groups excluding carboxylic acids is 1. The number of aliphatic carboxylic acids is 1. The van der Waals surface area contributed by atoms with Crippen LogP contribution in [0.1, 0.15) is 18.9 Å². The highest BCUT2D eigenvalue weighted by atomic mass is 16.4. The number of carboxylic acid groups (broad SMARTS) is 1. The first kappa shape index (κ1) is 10.7. The number of benzene rings is 1. The van der Waals surface area contributed by atoms with E-state index in [4.69, 9.17) is 5.11 Å². The van der Waals surface area contributed by atoms with Gasteiger partial charge in [0, 0.05) is 12.7 Å². The lowest BCUT2D eigenvalue weighted by molar-refractivity contribution is -0.140. The predicted molar refractivity (Wildman–Crippen MR) is 59.5 cm³/mol. The Morgan fingerprint density at radius 2 is 2.06 bits per heavy atom. The summed E-state index contributed by atoms with van der Waals surface area (Å²) in [6, 6.07) is 7.32. The van der Waals surface area contributed by atoms with Gasteiger partial charge in [0.1, 0.15) is 0 Å². The Morgan fingerprint density at radius 1 is 1.44 bits per heavy atom. The molecule has 2 rings (SSSR count). The second-order valence-corrected chi connectivity index (χ2v) is 4.28. The zero-order valence-electron chi connectivity index (χ0n) is 9.23. The van der Waals surface area contributed by atoms with Gasteiger partial charge in [-0.1, -0.05) is 18.2 Å². The minimum Gasteiger partial charge on any atom is -0.481 e. The standard InChI is InChI=1S/C12H13NO3/c1-12(7-10(14)15)8-5-3-4-6-9(8)13(2)11(12)16/h3-6H,7H2,1-2H3,(H,14,15)/t12-/m1/s1. The quantitative estimate of drug-likeness (QED) is 0.817. The van der Waals surface area contributed by atoms with Gasteiger partial charge in [-0.3, -0.25) is 9.59 Å². The maximum Gasteiger partial charge on any atom is 0.304 e. The molecular formula is C12H13NO3. The number of para-hydroxylation sites is 1. The second kappa shape index (κ2) is 3.33. The van der Waals surface area contributed by atoms with Crippen LogP contribution in [0, 0.1) is 0 Å². The molecule has 4 heteroatoms. The van der Waals surface area contributed by atoms with Crippen molar-refractivity contribution in [1.82, 2.24) is 0 Å². The first-order valence-electron chi connectivity index (χ1n) is 5.06. The molecular weight excluding hydrogens is 206 g/mol. The van der Waals surface area contributed by atoms with Crippen molar-refractivity contribution in [2.24, 2.45) is 0 Å². The van der Waals surface area contributed by atoms with Crippen molar-refractivity contribution in [3.05, 3.63) is 29.8 Å². The molecule has 1 aliphatic rings. The van der Waals surface area contributed by atoms with Gasteiger partial charge >= 0.3 is 5.97 Å². The predicted octanol–water partition coefficient (Wildman–Crippen LogP) is 1.40. The molecule has 0 fully saturated rings. The molecule has 0 unspecified atom stereocenters. The molecule has 84 valence electrons. The average Bonchev–Trinajstić information content (AvgIpc) is 2.42. The molecule has 0 aromatic heterocycles. The zero-order chi connectivity index (χ0) is 11.9. The molecule has 0 saturated heterocycles. The fourth-order valence-corrected chi connectivity index (χ4v) is 2.30. The van der Waals surface area contributed by atoms with Crippen molar-refractivity contribution < 1.29 is 14.7 Å². The molecule has 1 aromatic rings.